The van der Waals surface area contributed by atoms with Gasteiger partial charge in [-0.25, -0.2) is 0 Å². The molecule has 1 unspecified atom stereocenters. The quantitative estimate of drug-likeness (QED) is 0.866. The Morgan fingerprint density at radius 3 is 2.35 bits per heavy atom. The summed E-state index contributed by atoms with van der Waals surface area (Å²) in [6, 6.07) is 13.6. The molecule has 4 nitrogen and oxygen atoms in total. The van der Waals surface area contributed by atoms with Crippen LogP contribution in [-0.2, 0) is 0 Å². The molecule has 0 heterocycles. The van der Waals surface area contributed by atoms with Gasteiger partial charge >= 0.3 is 0 Å². The van der Waals surface area contributed by atoms with E-state index in [-0.39, 0.29) is 17.9 Å². The average Bonchev–Trinajstić information content (AvgIpc) is 2.54. The highest BCUT2D eigenvalue weighted by Gasteiger charge is 2.11. The van der Waals surface area contributed by atoms with Gasteiger partial charge in [-0.15, -0.1) is 0 Å². The second-order valence-corrected chi connectivity index (χ2v) is 5.76. The Kier molecular flexibility index (Phi) is 5.77. The predicted molar refractivity (Wildman–Crippen MR) is 93.1 cm³/mol. The van der Waals surface area contributed by atoms with Gasteiger partial charge in [-0.05, 0) is 49.7 Å². The first kappa shape index (κ1) is 17.0. The number of hydrogen-bond acceptors (Lipinski definition) is 2. The molecule has 2 N–H and O–H groups in total. The Bertz CT molecular complexity index is 716. The van der Waals surface area contributed by atoms with Gasteiger partial charge in [0.15, 0.2) is 0 Å². The van der Waals surface area contributed by atoms with E-state index in [1.165, 1.54) is 0 Å². The second-order valence-electron chi connectivity index (χ2n) is 5.33. The van der Waals surface area contributed by atoms with Crippen molar-refractivity contribution in [2.45, 2.75) is 26.3 Å². The Morgan fingerprint density at radius 1 is 1.04 bits per heavy atom. The molecule has 0 saturated carbocycles. The third kappa shape index (κ3) is 4.83. The molecule has 0 aliphatic carbocycles. The van der Waals surface area contributed by atoms with Crippen molar-refractivity contribution in [3.8, 4) is 0 Å². The molecule has 23 heavy (non-hydrogen) atoms. The van der Waals surface area contributed by atoms with Gasteiger partial charge in [0.2, 0.25) is 0 Å². The van der Waals surface area contributed by atoms with Crippen LogP contribution in [0, 0.1) is 0 Å². The van der Waals surface area contributed by atoms with Crippen LogP contribution in [0.5, 0.6) is 0 Å². The molecule has 0 fully saturated rings. The predicted octanol–water partition coefficient (Wildman–Crippen LogP) is 4.12. The maximum Gasteiger partial charge on any atom is 0.255 e. The number of rotatable bonds is 5. The van der Waals surface area contributed by atoms with Crippen molar-refractivity contribution in [2.24, 2.45) is 0 Å². The third-order valence-electron chi connectivity index (χ3n) is 3.46. The first-order valence-electron chi connectivity index (χ1n) is 7.47. The fourth-order valence-corrected chi connectivity index (χ4v) is 2.17. The summed E-state index contributed by atoms with van der Waals surface area (Å²) in [5.41, 5.74) is 1.54. The van der Waals surface area contributed by atoms with Crippen LogP contribution in [0.3, 0.4) is 0 Å². The van der Waals surface area contributed by atoms with E-state index in [4.69, 9.17) is 11.6 Å². The number of amides is 2. The molecule has 0 radical (unpaired) electrons. The molecule has 2 aromatic rings. The number of nitrogens with one attached hydrogen (secondary N) is 2. The van der Waals surface area contributed by atoms with E-state index in [1.807, 2.05) is 13.8 Å². The van der Waals surface area contributed by atoms with Gasteiger partial charge in [0, 0.05) is 27.9 Å². The van der Waals surface area contributed by atoms with E-state index in [0.29, 0.717) is 21.8 Å². The number of benzene rings is 2. The van der Waals surface area contributed by atoms with Crippen molar-refractivity contribution >= 4 is 29.1 Å². The lowest BCUT2D eigenvalue weighted by molar-refractivity contribution is 0.0938. The molecule has 0 aliphatic heterocycles. The van der Waals surface area contributed by atoms with Crippen LogP contribution in [0.2, 0.25) is 5.02 Å². The summed E-state index contributed by atoms with van der Waals surface area (Å²) >= 11 is 5.89. The van der Waals surface area contributed by atoms with Gasteiger partial charge < -0.3 is 10.6 Å². The lowest BCUT2D eigenvalue weighted by Crippen LogP contribution is -2.31. The smallest absolute Gasteiger partial charge is 0.255 e. The molecular weight excluding hydrogens is 312 g/mol. The zero-order chi connectivity index (χ0) is 16.8. The van der Waals surface area contributed by atoms with Crippen LogP contribution in [0.25, 0.3) is 0 Å². The highest BCUT2D eigenvalue weighted by atomic mass is 35.5. The van der Waals surface area contributed by atoms with Crippen molar-refractivity contribution < 1.29 is 9.59 Å². The van der Waals surface area contributed by atoms with E-state index >= 15 is 0 Å². The van der Waals surface area contributed by atoms with Gasteiger partial charge in [0.05, 0.1) is 0 Å². The highest BCUT2D eigenvalue weighted by molar-refractivity contribution is 6.31. The molecule has 120 valence electrons. The first-order chi connectivity index (χ1) is 11.0. The number of hydrogen-bond donors (Lipinski definition) is 2. The Morgan fingerprint density at radius 2 is 1.70 bits per heavy atom. The standard InChI is InChI=1S/C18H19ClN2O2/c1-3-12(2)20-17(22)14-7-5-9-16(11-14)21-18(23)13-6-4-8-15(19)10-13/h4-12H,3H2,1-2H3,(H,20,22)(H,21,23). The van der Waals surface area contributed by atoms with E-state index in [9.17, 15) is 9.59 Å². The van der Waals surface area contributed by atoms with Crippen LogP contribution >= 0.6 is 11.6 Å². The highest BCUT2D eigenvalue weighted by Crippen LogP contribution is 2.15. The zero-order valence-corrected chi connectivity index (χ0v) is 13.9. The molecule has 1 atom stereocenters. The molecule has 0 aromatic heterocycles. The Labute approximate surface area is 140 Å². The van der Waals surface area contributed by atoms with Crippen LogP contribution in [-0.4, -0.2) is 17.9 Å². The van der Waals surface area contributed by atoms with Crippen molar-refractivity contribution in [3.63, 3.8) is 0 Å². The fraction of sp³-hybridized carbons (Fsp3) is 0.222. The SMILES string of the molecule is CCC(C)NC(=O)c1cccc(NC(=O)c2cccc(Cl)c2)c1. The minimum Gasteiger partial charge on any atom is -0.350 e. The number of carbonyl (C=O) groups excluding carboxylic acids is 2. The maximum absolute atomic E-state index is 12.2. The summed E-state index contributed by atoms with van der Waals surface area (Å²) in [5.74, 6) is -0.426. The summed E-state index contributed by atoms with van der Waals surface area (Å²) in [7, 11) is 0. The summed E-state index contributed by atoms with van der Waals surface area (Å²) in [6.07, 6.45) is 0.858. The average molecular weight is 331 g/mol. The number of halogens is 1. The molecule has 2 amide bonds. The normalized spacial score (nSPS) is 11.6. The molecule has 0 spiro atoms. The largest absolute Gasteiger partial charge is 0.350 e. The summed E-state index contributed by atoms with van der Waals surface area (Å²) in [5, 5.41) is 6.17. The lowest BCUT2D eigenvalue weighted by atomic mass is 10.1. The van der Waals surface area contributed by atoms with E-state index in [0.717, 1.165) is 6.42 Å². The number of carbonyl (C=O) groups is 2. The first-order valence-corrected chi connectivity index (χ1v) is 7.85. The van der Waals surface area contributed by atoms with Crippen LogP contribution < -0.4 is 10.6 Å². The molecule has 0 saturated heterocycles. The Balaban J connectivity index is 2.11. The van der Waals surface area contributed by atoms with Gasteiger partial charge in [-0.1, -0.05) is 30.7 Å². The van der Waals surface area contributed by atoms with Crippen LogP contribution in [0.15, 0.2) is 48.5 Å². The molecule has 5 heteroatoms. The molecular formula is C18H19ClN2O2. The van der Waals surface area contributed by atoms with Gasteiger partial charge in [-0.2, -0.15) is 0 Å². The van der Waals surface area contributed by atoms with E-state index in [1.54, 1.807) is 48.5 Å². The molecule has 0 aliphatic rings. The van der Waals surface area contributed by atoms with Crippen molar-refractivity contribution in [1.29, 1.82) is 0 Å². The van der Waals surface area contributed by atoms with Crippen molar-refractivity contribution in [3.05, 3.63) is 64.7 Å². The third-order valence-corrected chi connectivity index (χ3v) is 3.69. The van der Waals surface area contributed by atoms with E-state index < -0.39 is 0 Å². The summed E-state index contributed by atoms with van der Waals surface area (Å²) < 4.78 is 0. The van der Waals surface area contributed by atoms with Gasteiger partial charge in [0.1, 0.15) is 0 Å². The minimum absolute atomic E-state index is 0.104. The van der Waals surface area contributed by atoms with Gasteiger partial charge in [0.25, 0.3) is 11.8 Å². The topological polar surface area (TPSA) is 58.2 Å². The maximum atomic E-state index is 12.2. The zero-order valence-electron chi connectivity index (χ0n) is 13.1. The second kappa shape index (κ2) is 7.79. The van der Waals surface area contributed by atoms with Crippen LogP contribution in [0.1, 0.15) is 41.0 Å². The monoisotopic (exact) mass is 330 g/mol. The molecule has 2 rings (SSSR count). The molecule has 2 aromatic carbocycles. The van der Waals surface area contributed by atoms with E-state index in [2.05, 4.69) is 10.6 Å². The fourth-order valence-electron chi connectivity index (χ4n) is 1.98. The minimum atomic E-state index is -0.271. The van der Waals surface area contributed by atoms with Crippen molar-refractivity contribution in [2.75, 3.05) is 5.32 Å². The summed E-state index contributed by atoms with van der Waals surface area (Å²) in [6.45, 7) is 3.95. The van der Waals surface area contributed by atoms with Crippen molar-refractivity contribution in [1.82, 2.24) is 5.32 Å². The van der Waals surface area contributed by atoms with Gasteiger partial charge in [-0.3, -0.25) is 9.59 Å². The summed E-state index contributed by atoms with van der Waals surface area (Å²) in [4.78, 5) is 24.3. The number of anilines is 1. The van der Waals surface area contributed by atoms with Crippen LogP contribution in [0.4, 0.5) is 5.69 Å². The Hall–Kier alpha value is -2.33. The molecule has 0 bridgehead atoms. The lowest BCUT2D eigenvalue weighted by Gasteiger charge is -2.12.